The molecular weight excluding hydrogens is 296 g/mol. The van der Waals surface area contributed by atoms with Crippen LogP contribution < -0.4 is 5.43 Å². The molecule has 3 aromatic rings. The molecule has 3 rings (SSSR count). The number of aromatic nitrogens is 2. The van der Waals surface area contributed by atoms with Gasteiger partial charge in [-0.2, -0.15) is 5.10 Å². The Bertz CT molecular complexity index is 731. The number of pyridine rings is 2. The number of hydrazone groups is 1. The summed E-state index contributed by atoms with van der Waals surface area (Å²) in [7, 11) is 0. The smallest absolute Gasteiger partial charge is 0.147 e. The van der Waals surface area contributed by atoms with Gasteiger partial charge in [0.15, 0.2) is 0 Å². The number of hydrogen-bond acceptors (Lipinski definition) is 4. The summed E-state index contributed by atoms with van der Waals surface area (Å²) in [5.74, 6) is 0.580. The highest BCUT2D eigenvalue weighted by molar-refractivity contribution is 6.29. The number of rotatable bonds is 4. The zero-order chi connectivity index (χ0) is 15.2. The van der Waals surface area contributed by atoms with Crippen LogP contribution in [0.25, 0.3) is 0 Å². The number of hydrogen-bond donors (Lipinski definition) is 1. The third kappa shape index (κ3) is 3.48. The second kappa shape index (κ2) is 6.83. The quantitative estimate of drug-likeness (QED) is 0.450. The van der Waals surface area contributed by atoms with E-state index in [2.05, 4.69) is 20.5 Å². The molecule has 0 aliphatic heterocycles. The van der Waals surface area contributed by atoms with E-state index in [-0.39, 0.29) is 0 Å². The highest BCUT2D eigenvalue weighted by Gasteiger charge is 2.08. The predicted octanol–water partition coefficient (Wildman–Crippen LogP) is 3.99. The van der Waals surface area contributed by atoms with E-state index in [1.54, 1.807) is 18.3 Å². The molecule has 1 aromatic carbocycles. The molecule has 0 bridgehead atoms. The van der Waals surface area contributed by atoms with Gasteiger partial charge in [0.2, 0.25) is 0 Å². The van der Waals surface area contributed by atoms with Crippen molar-refractivity contribution in [1.82, 2.24) is 9.97 Å². The molecule has 0 spiro atoms. The molecule has 2 heterocycles. The topological polar surface area (TPSA) is 50.2 Å². The maximum Gasteiger partial charge on any atom is 0.147 e. The molecule has 0 atom stereocenters. The first-order chi connectivity index (χ1) is 10.8. The zero-order valence-electron chi connectivity index (χ0n) is 11.6. The second-order valence-corrected chi connectivity index (χ2v) is 4.89. The Morgan fingerprint density at radius 2 is 1.73 bits per heavy atom. The largest absolute Gasteiger partial charge is 0.261 e. The molecule has 4 nitrogen and oxygen atoms in total. The van der Waals surface area contributed by atoms with Crippen molar-refractivity contribution < 1.29 is 0 Å². The summed E-state index contributed by atoms with van der Waals surface area (Å²) in [6.45, 7) is 0. The maximum absolute atomic E-state index is 5.88. The lowest BCUT2D eigenvalue weighted by Gasteiger charge is -2.07. The summed E-state index contributed by atoms with van der Waals surface area (Å²) >= 11 is 5.88. The van der Waals surface area contributed by atoms with Gasteiger partial charge in [0.1, 0.15) is 16.7 Å². The van der Waals surface area contributed by atoms with Crippen molar-refractivity contribution >= 4 is 23.1 Å². The third-order valence-corrected chi connectivity index (χ3v) is 3.16. The molecule has 108 valence electrons. The van der Waals surface area contributed by atoms with Gasteiger partial charge in [-0.25, -0.2) is 4.98 Å². The van der Waals surface area contributed by atoms with Crippen molar-refractivity contribution in [2.45, 2.75) is 0 Å². The van der Waals surface area contributed by atoms with E-state index in [1.165, 1.54) is 0 Å². The number of halogens is 1. The summed E-state index contributed by atoms with van der Waals surface area (Å²) < 4.78 is 0. The van der Waals surface area contributed by atoms with Crippen LogP contribution in [0, 0.1) is 0 Å². The summed E-state index contributed by atoms with van der Waals surface area (Å²) in [6.07, 6.45) is 1.74. The lowest BCUT2D eigenvalue weighted by atomic mass is 10.1. The molecule has 0 amide bonds. The van der Waals surface area contributed by atoms with Gasteiger partial charge in [-0.1, -0.05) is 54.1 Å². The number of benzene rings is 1. The fourth-order valence-corrected chi connectivity index (χ4v) is 2.12. The molecule has 1 N–H and O–H groups in total. The summed E-state index contributed by atoms with van der Waals surface area (Å²) in [6, 6.07) is 20.9. The number of nitrogens with zero attached hydrogens (tertiary/aromatic N) is 3. The molecule has 0 radical (unpaired) electrons. The minimum atomic E-state index is 0.416. The number of nitrogens with one attached hydrogen (secondary N) is 1. The van der Waals surface area contributed by atoms with Crippen molar-refractivity contribution in [2.24, 2.45) is 5.10 Å². The molecule has 0 saturated carbocycles. The first kappa shape index (κ1) is 14.2. The highest BCUT2D eigenvalue weighted by Crippen LogP contribution is 2.12. The molecule has 0 fully saturated rings. The molecular formula is C17H13ClN4. The molecule has 5 heteroatoms. The van der Waals surface area contributed by atoms with Crippen molar-refractivity contribution in [3.8, 4) is 0 Å². The Hall–Kier alpha value is -2.72. The molecule has 0 aliphatic carbocycles. The van der Waals surface area contributed by atoms with Crippen LogP contribution in [0.15, 0.2) is 78.0 Å². The highest BCUT2D eigenvalue weighted by atomic mass is 35.5. The maximum atomic E-state index is 5.88. The Morgan fingerprint density at radius 1 is 0.909 bits per heavy atom. The van der Waals surface area contributed by atoms with Crippen LogP contribution in [-0.2, 0) is 0 Å². The monoisotopic (exact) mass is 308 g/mol. The van der Waals surface area contributed by atoms with Gasteiger partial charge >= 0.3 is 0 Å². The van der Waals surface area contributed by atoms with E-state index in [0.29, 0.717) is 11.0 Å². The van der Waals surface area contributed by atoms with E-state index in [9.17, 15) is 0 Å². The average molecular weight is 309 g/mol. The Morgan fingerprint density at radius 3 is 2.45 bits per heavy atom. The molecule has 2 aromatic heterocycles. The van der Waals surface area contributed by atoms with Gasteiger partial charge in [0.05, 0.1) is 5.69 Å². The SMILES string of the molecule is Clc1cccc(N/N=C(/c2ccccc2)c2ccccn2)n1. The summed E-state index contributed by atoms with van der Waals surface area (Å²) in [5, 5.41) is 4.87. The van der Waals surface area contributed by atoms with E-state index < -0.39 is 0 Å². The fourth-order valence-electron chi connectivity index (χ4n) is 1.95. The van der Waals surface area contributed by atoms with Crippen molar-refractivity contribution in [1.29, 1.82) is 0 Å². The van der Waals surface area contributed by atoms with Gasteiger partial charge in [-0.3, -0.25) is 10.4 Å². The predicted molar refractivity (Wildman–Crippen MR) is 89.2 cm³/mol. The fraction of sp³-hybridized carbons (Fsp3) is 0. The molecule has 0 unspecified atom stereocenters. The minimum absolute atomic E-state index is 0.416. The van der Waals surface area contributed by atoms with Gasteiger partial charge in [-0.15, -0.1) is 0 Å². The van der Waals surface area contributed by atoms with Crippen molar-refractivity contribution in [2.75, 3.05) is 5.43 Å². The minimum Gasteiger partial charge on any atom is -0.261 e. The zero-order valence-corrected chi connectivity index (χ0v) is 12.4. The molecule has 0 aliphatic rings. The first-order valence-electron chi connectivity index (χ1n) is 6.76. The second-order valence-electron chi connectivity index (χ2n) is 4.50. The molecule has 22 heavy (non-hydrogen) atoms. The Kier molecular flexibility index (Phi) is 4.41. The third-order valence-electron chi connectivity index (χ3n) is 2.95. The van der Waals surface area contributed by atoms with Crippen LogP contribution in [0.5, 0.6) is 0 Å². The van der Waals surface area contributed by atoms with Crippen LogP contribution in [0.3, 0.4) is 0 Å². The van der Waals surface area contributed by atoms with Gasteiger partial charge in [-0.05, 0) is 24.3 Å². The normalized spacial score (nSPS) is 11.2. The standard InChI is InChI=1S/C17H13ClN4/c18-15-10-6-11-16(20-15)21-22-17(13-7-2-1-3-8-13)14-9-4-5-12-19-14/h1-12H,(H,20,21)/b22-17-. The van der Waals surface area contributed by atoms with E-state index in [1.807, 2.05) is 54.6 Å². The Balaban J connectivity index is 1.97. The van der Waals surface area contributed by atoms with E-state index >= 15 is 0 Å². The van der Waals surface area contributed by atoms with Gasteiger partial charge < -0.3 is 0 Å². The van der Waals surface area contributed by atoms with Crippen LogP contribution in [0.1, 0.15) is 11.3 Å². The van der Waals surface area contributed by atoms with E-state index in [4.69, 9.17) is 11.6 Å². The van der Waals surface area contributed by atoms with Crippen LogP contribution in [0.4, 0.5) is 5.82 Å². The average Bonchev–Trinajstić information content (AvgIpc) is 2.57. The molecule has 0 saturated heterocycles. The first-order valence-corrected chi connectivity index (χ1v) is 7.14. The van der Waals surface area contributed by atoms with E-state index in [0.717, 1.165) is 17.0 Å². The summed E-state index contributed by atoms with van der Waals surface area (Å²) in [4.78, 5) is 8.53. The lowest BCUT2D eigenvalue weighted by Crippen LogP contribution is -2.08. The lowest BCUT2D eigenvalue weighted by molar-refractivity contribution is 1.21. The Labute approximate surface area is 133 Å². The van der Waals surface area contributed by atoms with Gasteiger partial charge in [0.25, 0.3) is 0 Å². The van der Waals surface area contributed by atoms with Crippen molar-refractivity contribution in [3.05, 3.63) is 89.3 Å². The van der Waals surface area contributed by atoms with Crippen molar-refractivity contribution in [3.63, 3.8) is 0 Å². The number of anilines is 1. The summed E-state index contributed by atoms with van der Waals surface area (Å²) in [5.41, 5.74) is 5.42. The van der Waals surface area contributed by atoms with Crippen LogP contribution >= 0.6 is 11.6 Å². The van der Waals surface area contributed by atoms with Crippen LogP contribution in [-0.4, -0.2) is 15.7 Å². The van der Waals surface area contributed by atoms with Gasteiger partial charge in [0, 0.05) is 11.8 Å². The van der Waals surface area contributed by atoms with Crippen LogP contribution in [0.2, 0.25) is 5.15 Å².